The summed E-state index contributed by atoms with van der Waals surface area (Å²) in [5.41, 5.74) is -3.02. The van der Waals surface area contributed by atoms with Crippen molar-refractivity contribution in [1.29, 1.82) is 0 Å². The van der Waals surface area contributed by atoms with E-state index in [1.807, 2.05) is 33.8 Å². The van der Waals surface area contributed by atoms with E-state index in [-0.39, 0.29) is 42.0 Å². The highest BCUT2D eigenvalue weighted by atomic mass is 16.8. The summed E-state index contributed by atoms with van der Waals surface area (Å²) in [4.78, 5) is 106. The summed E-state index contributed by atoms with van der Waals surface area (Å²) < 4.78 is 66.5. The van der Waals surface area contributed by atoms with Gasteiger partial charge in [0.25, 0.3) is 0 Å². The molecule has 0 spiro atoms. The number of carbonyl (C=O) groups is 8. The number of hydrogen-bond acceptors (Lipinski definition) is 20. The number of allylic oxidation sites excluding steroid dienone is 5. The Kier molecular flexibility index (Phi) is 15.7. The van der Waals surface area contributed by atoms with Crippen molar-refractivity contribution >= 4 is 47.4 Å². The van der Waals surface area contributed by atoms with Crippen LogP contribution in [0.2, 0.25) is 0 Å². The standard InChI is InChI=1S/C54H74O20/c1-24(2)18-32-20-53(14,63)46-36(71-32)21-51(12)38-17-16-33-34(54(38,15)39(61)22-52(46,51)13)19-35(47(62)50(33,10)11)72-49-45(43(69-30(8)59)41(67-28(6)57)37(73-49)23-64-26(4)55)74-48-44(70-31(9)60)42(68-29(7)58)40(25(3)65-48)66-27(5)56/h16,18-19,25,32,34,36-38,40-46,48-49,63H,17,20-23H2,1-15H3/t25-,32-,34-,36+,37+,38-,40-,41+,42+,43-,44+,45+,46-,48-,49-,51-,52+,53-,54-/m0/s1. The normalized spacial score (nSPS) is 42.0. The predicted octanol–water partition coefficient (Wildman–Crippen LogP) is 5.02. The summed E-state index contributed by atoms with van der Waals surface area (Å²) in [6, 6.07) is 0. The molecule has 3 saturated heterocycles. The zero-order valence-corrected chi connectivity index (χ0v) is 45.1. The van der Waals surface area contributed by atoms with E-state index >= 15 is 9.59 Å². The van der Waals surface area contributed by atoms with Crippen LogP contribution in [0.3, 0.4) is 0 Å². The smallest absolute Gasteiger partial charge is 0.303 e. The van der Waals surface area contributed by atoms with E-state index in [9.17, 15) is 33.9 Å². The summed E-state index contributed by atoms with van der Waals surface area (Å²) in [6.45, 7) is 23.0. The fraction of sp³-hybridized carbons (Fsp3) is 0.741. The Morgan fingerprint density at radius 2 is 1.23 bits per heavy atom. The van der Waals surface area contributed by atoms with Crippen LogP contribution >= 0.6 is 0 Å². The molecule has 0 aromatic carbocycles. The van der Waals surface area contributed by atoms with E-state index in [4.69, 9.17) is 52.1 Å². The number of esters is 6. The zero-order valence-electron chi connectivity index (χ0n) is 45.1. The third-order valence-corrected chi connectivity index (χ3v) is 17.0. The minimum absolute atomic E-state index is 0.0492. The second-order valence-electron chi connectivity index (χ2n) is 23.0. The van der Waals surface area contributed by atoms with Crippen LogP contribution in [-0.4, -0.2) is 138 Å². The number of rotatable bonds is 12. The molecule has 3 heterocycles. The van der Waals surface area contributed by atoms with Gasteiger partial charge < -0.3 is 57.2 Å². The monoisotopic (exact) mass is 1040 g/mol. The molecule has 20 nitrogen and oxygen atoms in total. The molecule has 0 amide bonds. The van der Waals surface area contributed by atoms with Crippen molar-refractivity contribution in [3.63, 3.8) is 0 Å². The molecule has 0 aromatic heterocycles. The van der Waals surface area contributed by atoms with Gasteiger partial charge in [-0.05, 0) is 77.2 Å². The first-order chi connectivity index (χ1) is 34.3. The molecular formula is C54H74O20. The van der Waals surface area contributed by atoms with Gasteiger partial charge in [0.15, 0.2) is 48.7 Å². The lowest BCUT2D eigenvalue weighted by molar-refractivity contribution is -0.361. The molecule has 7 aliphatic rings. The van der Waals surface area contributed by atoms with Gasteiger partial charge in [0.1, 0.15) is 18.5 Å². The zero-order chi connectivity index (χ0) is 54.9. The van der Waals surface area contributed by atoms with Gasteiger partial charge in [-0.15, -0.1) is 0 Å². The number of carbonyl (C=O) groups excluding carboxylic acids is 8. The Bertz CT molecular complexity index is 2400. The van der Waals surface area contributed by atoms with E-state index in [1.54, 1.807) is 19.9 Å². The van der Waals surface area contributed by atoms with Crippen LogP contribution in [0, 0.1) is 39.4 Å². The van der Waals surface area contributed by atoms with Crippen LogP contribution < -0.4 is 0 Å². The summed E-state index contributed by atoms with van der Waals surface area (Å²) in [6.07, 6.45) is -9.31. The van der Waals surface area contributed by atoms with Gasteiger partial charge in [-0.1, -0.05) is 44.1 Å². The molecule has 74 heavy (non-hydrogen) atoms. The molecule has 0 radical (unpaired) electrons. The number of fused-ring (bicyclic) bond motifs is 7. The molecule has 3 aliphatic heterocycles. The van der Waals surface area contributed by atoms with Crippen molar-refractivity contribution in [2.24, 2.45) is 39.4 Å². The van der Waals surface area contributed by atoms with Crippen molar-refractivity contribution < 1.29 is 95.6 Å². The molecule has 0 bridgehead atoms. The summed E-state index contributed by atoms with van der Waals surface area (Å²) in [5, 5.41) is 12.3. The maximum absolute atomic E-state index is 15.4. The van der Waals surface area contributed by atoms with Crippen molar-refractivity contribution in [1.82, 2.24) is 0 Å². The third-order valence-electron chi connectivity index (χ3n) is 17.0. The van der Waals surface area contributed by atoms with E-state index in [1.165, 1.54) is 6.92 Å². The lowest BCUT2D eigenvalue weighted by atomic mass is 9.39. The number of ketones is 2. The van der Waals surface area contributed by atoms with Crippen LogP contribution in [0.15, 0.2) is 35.1 Å². The summed E-state index contributed by atoms with van der Waals surface area (Å²) in [7, 11) is 0. The van der Waals surface area contributed by atoms with Crippen molar-refractivity contribution in [3.8, 4) is 0 Å². The molecule has 5 fully saturated rings. The quantitative estimate of drug-likeness (QED) is 0.153. The molecular weight excluding hydrogens is 969 g/mol. The van der Waals surface area contributed by atoms with Gasteiger partial charge in [0.05, 0.1) is 29.3 Å². The first-order valence-corrected chi connectivity index (χ1v) is 25.4. The Morgan fingerprint density at radius 3 is 1.80 bits per heavy atom. The Balaban J connectivity index is 1.34. The number of aliphatic hydroxyl groups is 1. The van der Waals surface area contributed by atoms with Gasteiger partial charge in [-0.2, -0.15) is 0 Å². The van der Waals surface area contributed by atoms with Crippen molar-refractivity contribution in [2.75, 3.05) is 6.61 Å². The molecule has 19 atom stereocenters. The second kappa shape index (κ2) is 20.5. The summed E-state index contributed by atoms with van der Waals surface area (Å²) in [5.74, 6) is -7.29. The van der Waals surface area contributed by atoms with Crippen LogP contribution in [0.5, 0.6) is 0 Å². The predicted molar refractivity (Wildman–Crippen MR) is 255 cm³/mol. The van der Waals surface area contributed by atoms with Gasteiger partial charge >= 0.3 is 35.8 Å². The van der Waals surface area contributed by atoms with Crippen LogP contribution in [0.25, 0.3) is 0 Å². The highest BCUT2D eigenvalue weighted by Gasteiger charge is 2.75. The highest BCUT2D eigenvalue weighted by Crippen LogP contribution is 2.75. The largest absolute Gasteiger partial charge is 0.463 e. The molecule has 4 aliphatic carbocycles. The SMILES string of the molecule is CC(=O)OC[C@H]1O[C@H](OC2=C[C@H]3C(=CC[C@@H]4[C@@]3(C)C(=O)C[C@]3(C)[C@@H]5[C@@H](C[C@@]43C)O[C@@H](C=C(C)C)C[C@]5(C)O)C(C)(C)C2=O)[C@H](O[C@@H]2O[C@@H](C)[C@H](OC(C)=O)[C@@H](OC(C)=O)[C@H]2OC(C)=O)[C@@H](OC(C)=O)[C@@H]1OC(C)=O. The highest BCUT2D eigenvalue weighted by molar-refractivity contribution is 6.02. The Labute approximate surface area is 431 Å². The fourth-order valence-corrected chi connectivity index (χ4v) is 14.0. The van der Waals surface area contributed by atoms with E-state index in [0.29, 0.717) is 24.8 Å². The van der Waals surface area contributed by atoms with Crippen LogP contribution in [0.4, 0.5) is 0 Å². The molecule has 0 aromatic rings. The number of hydrogen-bond donors (Lipinski definition) is 1. The van der Waals surface area contributed by atoms with Crippen molar-refractivity contribution in [2.45, 2.75) is 209 Å². The Morgan fingerprint density at radius 1 is 0.676 bits per heavy atom. The first-order valence-electron chi connectivity index (χ1n) is 25.4. The number of Topliss-reactive ketones (excluding diaryl/α,β-unsaturated/α-hetero) is 2. The molecule has 410 valence electrons. The molecule has 7 rings (SSSR count). The number of ether oxygens (including phenoxy) is 11. The lowest BCUT2D eigenvalue weighted by Crippen LogP contribution is -2.66. The molecule has 0 unspecified atom stereocenters. The maximum Gasteiger partial charge on any atom is 0.303 e. The molecule has 20 heteroatoms. The topological polar surface area (TPSA) is 258 Å². The fourth-order valence-electron chi connectivity index (χ4n) is 14.0. The molecule has 1 N–H and O–H groups in total. The lowest BCUT2D eigenvalue weighted by Gasteiger charge is -2.64. The Hall–Kier alpha value is -5.02. The van der Waals surface area contributed by atoms with Gasteiger partial charge in [0, 0.05) is 71.6 Å². The van der Waals surface area contributed by atoms with E-state index in [2.05, 4.69) is 19.9 Å². The van der Waals surface area contributed by atoms with E-state index < -0.39 is 143 Å². The minimum atomic E-state index is -1.85. The van der Waals surface area contributed by atoms with Crippen molar-refractivity contribution in [3.05, 3.63) is 35.1 Å². The van der Waals surface area contributed by atoms with Gasteiger partial charge in [-0.3, -0.25) is 38.4 Å². The van der Waals surface area contributed by atoms with Gasteiger partial charge in [-0.25, -0.2) is 0 Å². The summed E-state index contributed by atoms with van der Waals surface area (Å²) >= 11 is 0. The average molecular weight is 1040 g/mol. The minimum Gasteiger partial charge on any atom is -0.463 e. The maximum atomic E-state index is 15.4. The van der Waals surface area contributed by atoms with Crippen LogP contribution in [-0.2, 0) is 90.5 Å². The van der Waals surface area contributed by atoms with Gasteiger partial charge in [0.2, 0.25) is 12.1 Å². The first kappa shape index (κ1) is 56.7. The molecule has 2 saturated carbocycles. The average Bonchev–Trinajstić information content (AvgIpc) is 3.48. The second-order valence-corrected chi connectivity index (χ2v) is 23.0. The third kappa shape index (κ3) is 10.2. The van der Waals surface area contributed by atoms with E-state index in [0.717, 1.165) is 47.1 Å². The van der Waals surface area contributed by atoms with Crippen LogP contribution in [0.1, 0.15) is 130 Å².